The van der Waals surface area contributed by atoms with Crippen LogP contribution in [0.4, 0.5) is 0 Å². The Hall–Kier alpha value is -1.33. The Bertz CT molecular complexity index is 261. The van der Waals surface area contributed by atoms with E-state index in [0.29, 0.717) is 12.1 Å². The molecule has 0 bridgehead atoms. The summed E-state index contributed by atoms with van der Waals surface area (Å²) in [6.45, 7) is 4.43. The SMILES string of the molecule is CC.N#Cc1ccccc1CN. The van der Waals surface area contributed by atoms with Crippen molar-refractivity contribution >= 4 is 0 Å². The van der Waals surface area contributed by atoms with E-state index in [1.165, 1.54) is 0 Å². The molecule has 0 unspecified atom stereocenters. The Kier molecular flexibility index (Phi) is 5.68. The van der Waals surface area contributed by atoms with Gasteiger partial charge in [0.05, 0.1) is 11.6 Å². The number of hydrogen-bond donors (Lipinski definition) is 1. The van der Waals surface area contributed by atoms with Gasteiger partial charge in [0.2, 0.25) is 0 Å². The highest BCUT2D eigenvalue weighted by atomic mass is 14.5. The number of nitriles is 1. The van der Waals surface area contributed by atoms with Gasteiger partial charge in [-0.25, -0.2) is 0 Å². The van der Waals surface area contributed by atoms with Crippen molar-refractivity contribution in [1.29, 1.82) is 5.26 Å². The van der Waals surface area contributed by atoms with Gasteiger partial charge in [-0.2, -0.15) is 5.26 Å². The van der Waals surface area contributed by atoms with Gasteiger partial charge >= 0.3 is 0 Å². The molecule has 0 heterocycles. The molecule has 1 aromatic rings. The van der Waals surface area contributed by atoms with Crippen LogP contribution in [0.1, 0.15) is 25.0 Å². The van der Waals surface area contributed by atoms with E-state index in [4.69, 9.17) is 11.0 Å². The number of hydrogen-bond acceptors (Lipinski definition) is 2. The first-order valence-electron chi connectivity index (χ1n) is 4.06. The predicted molar refractivity (Wildman–Crippen MR) is 50.4 cm³/mol. The zero-order chi connectivity index (χ0) is 9.40. The molecule has 0 spiro atoms. The van der Waals surface area contributed by atoms with Gasteiger partial charge in [-0.15, -0.1) is 0 Å². The van der Waals surface area contributed by atoms with Crippen LogP contribution in [0, 0.1) is 11.3 Å². The summed E-state index contributed by atoms with van der Waals surface area (Å²) in [4.78, 5) is 0. The number of benzene rings is 1. The highest BCUT2D eigenvalue weighted by Crippen LogP contribution is 2.04. The molecule has 2 N–H and O–H groups in total. The minimum atomic E-state index is 0.434. The lowest BCUT2D eigenvalue weighted by molar-refractivity contribution is 1.06. The second kappa shape index (κ2) is 6.38. The second-order valence-electron chi connectivity index (χ2n) is 1.97. The Balaban J connectivity index is 0.000000561. The molecule has 0 saturated carbocycles. The molecule has 0 aliphatic carbocycles. The Morgan fingerprint density at radius 3 is 2.33 bits per heavy atom. The van der Waals surface area contributed by atoms with E-state index < -0.39 is 0 Å². The topological polar surface area (TPSA) is 49.8 Å². The first-order valence-corrected chi connectivity index (χ1v) is 4.06. The van der Waals surface area contributed by atoms with Gasteiger partial charge in [-0.1, -0.05) is 32.0 Å². The first-order chi connectivity index (χ1) is 5.88. The van der Waals surface area contributed by atoms with Crippen LogP contribution < -0.4 is 5.73 Å². The van der Waals surface area contributed by atoms with Gasteiger partial charge in [0.15, 0.2) is 0 Å². The second-order valence-corrected chi connectivity index (χ2v) is 1.97. The van der Waals surface area contributed by atoms with Crippen LogP contribution in [0.25, 0.3) is 0 Å². The third-order valence-electron chi connectivity index (χ3n) is 1.36. The minimum Gasteiger partial charge on any atom is -0.326 e. The largest absolute Gasteiger partial charge is 0.326 e. The summed E-state index contributed by atoms with van der Waals surface area (Å²) < 4.78 is 0. The van der Waals surface area contributed by atoms with Crippen molar-refractivity contribution in [3.8, 4) is 6.07 Å². The van der Waals surface area contributed by atoms with Crippen molar-refractivity contribution in [2.24, 2.45) is 5.73 Å². The van der Waals surface area contributed by atoms with Gasteiger partial charge in [0, 0.05) is 6.54 Å². The molecule has 0 radical (unpaired) electrons. The minimum absolute atomic E-state index is 0.434. The third kappa shape index (κ3) is 2.73. The molecular weight excluding hydrogens is 148 g/mol. The van der Waals surface area contributed by atoms with Crippen LogP contribution in [0.3, 0.4) is 0 Å². The van der Waals surface area contributed by atoms with Gasteiger partial charge in [-0.05, 0) is 11.6 Å². The highest BCUT2D eigenvalue weighted by molar-refractivity contribution is 5.36. The molecule has 1 aromatic carbocycles. The number of nitrogens with two attached hydrogens (primary N) is 1. The van der Waals surface area contributed by atoms with Crippen LogP contribution in [0.2, 0.25) is 0 Å². The van der Waals surface area contributed by atoms with Gasteiger partial charge in [0.25, 0.3) is 0 Å². The van der Waals surface area contributed by atoms with E-state index in [1.54, 1.807) is 6.07 Å². The summed E-state index contributed by atoms with van der Waals surface area (Å²) in [6.07, 6.45) is 0. The lowest BCUT2D eigenvalue weighted by atomic mass is 10.1. The van der Waals surface area contributed by atoms with Crippen LogP contribution >= 0.6 is 0 Å². The molecule has 2 nitrogen and oxygen atoms in total. The standard InChI is InChI=1S/C8H8N2.C2H6/c9-5-7-3-1-2-4-8(7)6-10;1-2/h1-4H,5,9H2;1-2H3. The van der Waals surface area contributed by atoms with E-state index in [9.17, 15) is 0 Å². The maximum absolute atomic E-state index is 8.54. The highest BCUT2D eigenvalue weighted by Gasteiger charge is 1.94. The summed E-state index contributed by atoms with van der Waals surface area (Å²) in [5.41, 5.74) is 6.95. The monoisotopic (exact) mass is 162 g/mol. The molecule has 0 atom stereocenters. The van der Waals surface area contributed by atoms with Crippen LogP contribution in [0.5, 0.6) is 0 Å². The summed E-state index contributed by atoms with van der Waals surface area (Å²) in [7, 11) is 0. The smallest absolute Gasteiger partial charge is 0.0995 e. The van der Waals surface area contributed by atoms with E-state index in [1.807, 2.05) is 32.0 Å². The molecule has 12 heavy (non-hydrogen) atoms. The molecule has 0 aliphatic heterocycles. The van der Waals surface area contributed by atoms with E-state index >= 15 is 0 Å². The van der Waals surface area contributed by atoms with Crippen molar-refractivity contribution in [3.63, 3.8) is 0 Å². The molecule has 0 aromatic heterocycles. The predicted octanol–water partition coefficient (Wildman–Crippen LogP) is 2.04. The van der Waals surface area contributed by atoms with E-state index in [-0.39, 0.29) is 0 Å². The fraction of sp³-hybridized carbons (Fsp3) is 0.300. The molecule has 0 fully saturated rings. The quantitative estimate of drug-likeness (QED) is 0.687. The van der Waals surface area contributed by atoms with Crippen molar-refractivity contribution in [2.75, 3.05) is 0 Å². The van der Waals surface area contributed by atoms with E-state index in [2.05, 4.69) is 6.07 Å². The normalized spacial score (nSPS) is 7.83. The Morgan fingerprint density at radius 2 is 1.92 bits per heavy atom. The summed E-state index contributed by atoms with van der Waals surface area (Å²) in [5, 5.41) is 8.54. The average Bonchev–Trinajstić information content (AvgIpc) is 2.20. The molecule has 64 valence electrons. The number of rotatable bonds is 1. The molecule has 1 rings (SSSR count). The fourth-order valence-electron chi connectivity index (χ4n) is 0.807. The molecule has 0 aliphatic rings. The maximum atomic E-state index is 8.54. The Morgan fingerprint density at radius 1 is 1.33 bits per heavy atom. The summed E-state index contributed by atoms with van der Waals surface area (Å²) >= 11 is 0. The van der Waals surface area contributed by atoms with Crippen molar-refractivity contribution in [2.45, 2.75) is 20.4 Å². The van der Waals surface area contributed by atoms with Crippen molar-refractivity contribution in [3.05, 3.63) is 35.4 Å². The van der Waals surface area contributed by atoms with E-state index in [0.717, 1.165) is 5.56 Å². The lowest BCUT2D eigenvalue weighted by Gasteiger charge is -1.96. The summed E-state index contributed by atoms with van der Waals surface area (Å²) in [6, 6.07) is 9.40. The molecule has 2 heteroatoms. The van der Waals surface area contributed by atoms with Gasteiger partial charge in [0.1, 0.15) is 0 Å². The van der Waals surface area contributed by atoms with Crippen LogP contribution in [-0.2, 0) is 6.54 Å². The van der Waals surface area contributed by atoms with Gasteiger partial charge in [-0.3, -0.25) is 0 Å². The van der Waals surface area contributed by atoms with Crippen LogP contribution in [-0.4, -0.2) is 0 Å². The molecule has 0 amide bonds. The Labute approximate surface area is 73.6 Å². The lowest BCUT2D eigenvalue weighted by Crippen LogP contribution is -1.98. The van der Waals surface area contributed by atoms with Crippen molar-refractivity contribution < 1.29 is 0 Å². The third-order valence-corrected chi connectivity index (χ3v) is 1.36. The van der Waals surface area contributed by atoms with Crippen molar-refractivity contribution in [1.82, 2.24) is 0 Å². The first kappa shape index (κ1) is 10.7. The number of nitrogens with zero attached hydrogens (tertiary/aromatic N) is 1. The molecular formula is C10H14N2. The zero-order valence-corrected chi connectivity index (χ0v) is 7.54. The molecule has 0 saturated heterocycles. The maximum Gasteiger partial charge on any atom is 0.0995 e. The van der Waals surface area contributed by atoms with Crippen LogP contribution in [0.15, 0.2) is 24.3 Å². The average molecular weight is 162 g/mol. The summed E-state index contributed by atoms with van der Waals surface area (Å²) in [5.74, 6) is 0. The van der Waals surface area contributed by atoms with Gasteiger partial charge < -0.3 is 5.73 Å². The fourth-order valence-corrected chi connectivity index (χ4v) is 0.807. The zero-order valence-electron chi connectivity index (χ0n) is 7.54.